The van der Waals surface area contributed by atoms with Gasteiger partial charge in [-0.15, -0.1) is 0 Å². The fraction of sp³-hybridized carbons (Fsp3) is 0.529. The molecule has 2 aromatic rings. The van der Waals surface area contributed by atoms with Crippen molar-refractivity contribution in [3.05, 3.63) is 35.5 Å². The summed E-state index contributed by atoms with van der Waals surface area (Å²) >= 11 is 0. The van der Waals surface area contributed by atoms with Crippen molar-refractivity contribution in [3.63, 3.8) is 0 Å². The number of para-hydroxylation sites is 1. The first kappa shape index (κ1) is 14.1. The van der Waals surface area contributed by atoms with Crippen molar-refractivity contribution in [2.45, 2.75) is 51.9 Å². The number of aliphatic hydroxyl groups is 1. The van der Waals surface area contributed by atoms with Crippen LogP contribution in [-0.2, 0) is 11.8 Å². The first-order valence-electron chi connectivity index (χ1n) is 7.25. The molecule has 0 aliphatic rings. The van der Waals surface area contributed by atoms with Crippen molar-refractivity contribution in [1.82, 2.24) is 4.98 Å². The lowest BCUT2D eigenvalue weighted by Gasteiger charge is -2.19. The second-order valence-corrected chi connectivity index (χ2v) is 6.31. The first-order chi connectivity index (χ1) is 9.04. The van der Waals surface area contributed by atoms with Crippen LogP contribution in [0.1, 0.15) is 51.3 Å². The summed E-state index contributed by atoms with van der Waals surface area (Å²) in [6.45, 7) is 7.08. The lowest BCUT2D eigenvalue weighted by Crippen LogP contribution is -2.14. The van der Waals surface area contributed by atoms with Crippen molar-refractivity contribution in [2.75, 3.05) is 6.61 Å². The molecule has 0 aliphatic heterocycles. The Morgan fingerprint density at radius 1 is 1.05 bits per heavy atom. The maximum Gasteiger partial charge on any atom is 0.0459 e. The zero-order valence-electron chi connectivity index (χ0n) is 12.3. The zero-order valence-corrected chi connectivity index (χ0v) is 12.3. The van der Waals surface area contributed by atoms with Crippen molar-refractivity contribution >= 4 is 10.9 Å². The summed E-state index contributed by atoms with van der Waals surface area (Å²) in [6, 6.07) is 8.56. The van der Waals surface area contributed by atoms with E-state index in [2.05, 4.69) is 50.0 Å². The molecule has 0 fully saturated rings. The summed E-state index contributed by atoms with van der Waals surface area (Å²) in [5, 5.41) is 10.2. The number of fused-ring (bicyclic) bond motifs is 1. The molecule has 0 saturated carbocycles. The third kappa shape index (κ3) is 3.19. The second-order valence-electron chi connectivity index (χ2n) is 6.31. The number of aromatic nitrogens is 1. The molecule has 2 heteroatoms. The molecule has 0 amide bonds. The predicted molar refractivity (Wildman–Crippen MR) is 81.6 cm³/mol. The number of unbranched alkanes of at least 4 members (excludes halogenated alkanes) is 2. The summed E-state index contributed by atoms with van der Waals surface area (Å²) in [5.41, 5.74) is 4.20. The highest BCUT2D eigenvalue weighted by atomic mass is 16.2. The molecule has 19 heavy (non-hydrogen) atoms. The number of benzene rings is 1. The molecule has 0 bridgehead atoms. The van der Waals surface area contributed by atoms with Gasteiger partial charge in [0.25, 0.3) is 0 Å². The number of nitrogens with one attached hydrogen (secondary N) is 1. The largest absolute Gasteiger partial charge is 0.396 e. The highest BCUT2D eigenvalue weighted by Gasteiger charge is 2.21. The first-order valence-corrected chi connectivity index (χ1v) is 7.25. The molecule has 0 radical (unpaired) electrons. The molecule has 1 aromatic heterocycles. The van der Waals surface area contributed by atoms with E-state index >= 15 is 0 Å². The maximum absolute atomic E-state index is 8.87. The van der Waals surface area contributed by atoms with Gasteiger partial charge >= 0.3 is 0 Å². The lowest BCUT2D eigenvalue weighted by molar-refractivity contribution is 0.283. The monoisotopic (exact) mass is 259 g/mol. The molecule has 104 valence electrons. The van der Waals surface area contributed by atoms with Gasteiger partial charge in [-0.1, -0.05) is 45.4 Å². The van der Waals surface area contributed by atoms with E-state index < -0.39 is 0 Å². The maximum atomic E-state index is 8.87. The zero-order chi connectivity index (χ0) is 13.9. The summed E-state index contributed by atoms with van der Waals surface area (Å²) in [4.78, 5) is 3.60. The van der Waals surface area contributed by atoms with Crippen LogP contribution < -0.4 is 0 Å². The Balaban J connectivity index is 2.32. The van der Waals surface area contributed by atoms with E-state index in [1.165, 1.54) is 22.2 Å². The number of aryl methyl sites for hydroxylation is 1. The van der Waals surface area contributed by atoms with E-state index in [9.17, 15) is 0 Å². The fourth-order valence-corrected chi connectivity index (χ4v) is 2.69. The van der Waals surface area contributed by atoms with Gasteiger partial charge < -0.3 is 10.1 Å². The Morgan fingerprint density at radius 3 is 2.47 bits per heavy atom. The van der Waals surface area contributed by atoms with Crippen molar-refractivity contribution in [1.29, 1.82) is 0 Å². The van der Waals surface area contributed by atoms with Gasteiger partial charge in [0.05, 0.1) is 0 Å². The topological polar surface area (TPSA) is 36.0 Å². The van der Waals surface area contributed by atoms with E-state index in [4.69, 9.17) is 5.11 Å². The SMILES string of the molecule is CC(C)(C)c1[nH]c2ccccc2c1CCCCCO. The Morgan fingerprint density at radius 2 is 1.79 bits per heavy atom. The van der Waals surface area contributed by atoms with Gasteiger partial charge in [-0.2, -0.15) is 0 Å². The highest BCUT2D eigenvalue weighted by molar-refractivity contribution is 5.85. The Kier molecular flexibility index (Phi) is 4.31. The van der Waals surface area contributed by atoms with E-state index in [1.807, 2.05) is 0 Å². The minimum Gasteiger partial charge on any atom is -0.396 e. The Labute approximate surface area is 115 Å². The molecule has 2 nitrogen and oxygen atoms in total. The normalized spacial score (nSPS) is 12.2. The van der Waals surface area contributed by atoms with Gasteiger partial charge in [0, 0.05) is 28.6 Å². The average molecular weight is 259 g/mol. The predicted octanol–water partition coefficient (Wildman–Crippen LogP) is 4.17. The van der Waals surface area contributed by atoms with E-state index in [-0.39, 0.29) is 5.41 Å². The van der Waals surface area contributed by atoms with Crippen LogP contribution in [0.15, 0.2) is 24.3 Å². The minimum absolute atomic E-state index is 0.144. The van der Waals surface area contributed by atoms with Crippen LogP contribution >= 0.6 is 0 Å². The number of aliphatic hydroxyl groups excluding tert-OH is 1. The number of aromatic amines is 1. The van der Waals surface area contributed by atoms with Crippen molar-refractivity contribution in [3.8, 4) is 0 Å². The smallest absolute Gasteiger partial charge is 0.0459 e. The Hall–Kier alpha value is -1.28. The van der Waals surface area contributed by atoms with Gasteiger partial charge in [-0.3, -0.25) is 0 Å². The fourth-order valence-electron chi connectivity index (χ4n) is 2.69. The van der Waals surface area contributed by atoms with Crippen LogP contribution in [-0.4, -0.2) is 16.7 Å². The summed E-state index contributed by atoms with van der Waals surface area (Å²) in [6.07, 6.45) is 4.24. The van der Waals surface area contributed by atoms with Crippen LogP contribution in [0, 0.1) is 0 Å². The Bertz CT molecular complexity index is 534. The summed E-state index contributed by atoms with van der Waals surface area (Å²) < 4.78 is 0. The van der Waals surface area contributed by atoms with Crippen LogP contribution in [0.2, 0.25) is 0 Å². The number of hydrogen-bond donors (Lipinski definition) is 2. The highest BCUT2D eigenvalue weighted by Crippen LogP contribution is 2.32. The molecule has 2 N–H and O–H groups in total. The van der Waals surface area contributed by atoms with Gasteiger partial charge in [0.2, 0.25) is 0 Å². The third-order valence-electron chi connectivity index (χ3n) is 3.65. The summed E-state index contributed by atoms with van der Waals surface area (Å²) in [7, 11) is 0. The van der Waals surface area contributed by atoms with Crippen LogP contribution in [0.4, 0.5) is 0 Å². The van der Waals surface area contributed by atoms with Crippen LogP contribution in [0.3, 0.4) is 0 Å². The van der Waals surface area contributed by atoms with E-state index in [1.54, 1.807) is 0 Å². The second kappa shape index (κ2) is 5.79. The molecule has 0 atom stereocenters. The molecular weight excluding hydrogens is 234 g/mol. The van der Waals surface area contributed by atoms with Gasteiger partial charge in [0.15, 0.2) is 0 Å². The van der Waals surface area contributed by atoms with Crippen LogP contribution in [0.25, 0.3) is 10.9 Å². The molecule has 0 saturated heterocycles. The van der Waals surface area contributed by atoms with Crippen LogP contribution in [0.5, 0.6) is 0 Å². The standard InChI is InChI=1S/C17H25NO/c1-17(2,3)16-14(10-5-4-8-12-19)13-9-6-7-11-15(13)18-16/h6-7,9,11,18-19H,4-5,8,10,12H2,1-3H3. The molecule has 0 aliphatic carbocycles. The molecular formula is C17H25NO. The van der Waals surface area contributed by atoms with Gasteiger partial charge in [-0.25, -0.2) is 0 Å². The lowest BCUT2D eigenvalue weighted by atomic mass is 9.87. The quantitative estimate of drug-likeness (QED) is 0.777. The third-order valence-corrected chi connectivity index (χ3v) is 3.65. The average Bonchev–Trinajstić information content (AvgIpc) is 2.74. The van der Waals surface area contributed by atoms with E-state index in [0.717, 1.165) is 25.7 Å². The number of H-pyrrole nitrogens is 1. The van der Waals surface area contributed by atoms with E-state index in [0.29, 0.717) is 6.61 Å². The van der Waals surface area contributed by atoms with Gasteiger partial charge in [0.1, 0.15) is 0 Å². The van der Waals surface area contributed by atoms with Crippen molar-refractivity contribution in [2.24, 2.45) is 0 Å². The molecule has 2 rings (SSSR count). The molecule has 1 heterocycles. The number of hydrogen-bond acceptors (Lipinski definition) is 1. The molecule has 1 aromatic carbocycles. The minimum atomic E-state index is 0.144. The molecule has 0 spiro atoms. The van der Waals surface area contributed by atoms with Crippen molar-refractivity contribution < 1.29 is 5.11 Å². The number of rotatable bonds is 5. The summed E-state index contributed by atoms with van der Waals surface area (Å²) in [5.74, 6) is 0. The van der Waals surface area contributed by atoms with Gasteiger partial charge in [-0.05, 0) is 30.9 Å². The molecule has 0 unspecified atom stereocenters.